The van der Waals surface area contributed by atoms with Gasteiger partial charge in [0.05, 0.1) is 0 Å². The Kier molecular flexibility index (Phi) is 5.43. The summed E-state index contributed by atoms with van der Waals surface area (Å²) >= 11 is 0. The third kappa shape index (κ3) is 4.21. The number of anilines is 1. The molecule has 2 amide bonds. The summed E-state index contributed by atoms with van der Waals surface area (Å²) in [5.74, 6) is -0.0812. The highest BCUT2D eigenvalue weighted by atomic mass is 16.2. The molecule has 0 saturated carbocycles. The van der Waals surface area contributed by atoms with Crippen molar-refractivity contribution in [2.75, 3.05) is 11.9 Å². The first-order valence-corrected chi connectivity index (χ1v) is 10.0. The van der Waals surface area contributed by atoms with E-state index in [4.69, 9.17) is 0 Å². The maximum atomic E-state index is 12.8. The number of benzene rings is 3. The smallest absolute Gasteiger partial charge is 0.255 e. The van der Waals surface area contributed by atoms with Crippen molar-refractivity contribution in [1.29, 1.82) is 0 Å². The Hall–Kier alpha value is -3.40. The van der Waals surface area contributed by atoms with Crippen molar-refractivity contribution in [3.05, 3.63) is 101 Å². The molecular weight excluding hydrogens is 360 g/mol. The van der Waals surface area contributed by atoms with Crippen molar-refractivity contribution in [2.45, 2.75) is 26.3 Å². The Morgan fingerprint density at radius 2 is 1.66 bits per heavy atom. The normalized spacial score (nSPS) is 12.9. The first-order chi connectivity index (χ1) is 14.1. The molecular formula is C25H24N2O2. The van der Waals surface area contributed by atoms with Crippen LogP contribution in [0.5, 0.6) is 0 Å². The van der Waals surface area contributed by atoms with Crippen LogP contribution in [0, 0.1) is 0 Å². The second-order valence-corrected chi connectivity index (χ2v) is 7.33. The Bertz CT molecular complexity index is 1030. The summed E-state index contributed by atoms with van der Waals surface area (Å²) in [4.78, 5) is 27.2. The van der Waals surface area contributed by atoms with Crippen molar-refractivity contribution in [1.82, 2.24) is 4.90 Å². The number of nitrogens with one attached hydrogen (secondary N) is 1. The molecule has 0 aliphatic carbocycles. The van der Waals surface area contributed by atoms with E-state index >= 15 is 0 Å². The van der Waals surface area contributed by atoms with E-state index in [2.05, 4.69) is 18.3 Å². The van der Waals surface area contributed by atoms with Crippen LogP contribution in [0.15, 0.2) is 72.8 Å². The number of fused-ring (bicyclic) bond motifs is 1. The molecule has 0 saturated heterocycles. The molecule has 4 heteroatoms. The number of rotatable bonds is 4. The molecule has 1 heterocycles. The first kappa shape index (κ1) is 18.9. The second kappa shape index (κ2) is 8.31. The Labute approximate surface area is 171 Å². The van der Waals surface area contributed by atoms with Gasteiger partial charge in [-0.2, -0.15) is 0 Å². The van der Waals surface area contributed by atoms with Crippen LogP contribution in [-0.2, 0) is 19.4 Å². The highest BCUT2D eigenvalue weighted by Crippen LogP contribution is 2.24. The van der Waals surface area contributed by atoms with Crippen molar-refractivity contribution in [2.24, 2.45) is 0 Å². The van der Waals surface area contributed by atoms with Gasteiger partial charge in [0.25, 0.3) is 11.8 Å². The monoisotopic (exact) mass is 384 g/mol. The van der Waals surface area contributed by atoms with Crippen molar-refractivity contribution < 1.29 is 9.59 Å². The lowest BCUT2D eigenvalue weighted by Crippen LogP contribution is -2.36. The van der Waals surface area contributed by atoms with Crippen molar-refractivity contribution in [3.63, 3.8) is 0 Å². The number of amides is 2. The van der Waals surface area contributed by atoms with Gasteiger partial charge in [0.2, 0.25) is 0 Å². The third-order valence-corrected chi connectivity index (χ3v) is 5.41. The summed E-state index contributed by atoms with van der Waals surface area (Å²) < 4.78 is 0. The van der Waals surface area contributed by atoms with Gasteiger partial charge in [-0.25, -0.2) is 0 Å². The lowest BCUT2D eigenvalue weighted by molar-refractivity contribution is 0.0734. The molecule has 4 nitrogen and oxygen atoms in total. The lowest BCUT2D eigenvalue weighted by atomic mass is 9.98. The number of aryl methyl sites for hydroxylation is 1. The zero-order chi connectivity index (χ0) is 20.2. The van der Waals surface area contributed by atoms with Gasteiger partial charge < -0.3 is 10.2 Å². The molecule has 3 aromatic carbocycles. The zero-order valence-electron chi connectivity index (χ0n) is 16.5. The molecule has 0 radical (unpaired) electrons. The predicted molar refractivity (Wildman–Crippen MR) is 115 cm³/mol. The number of carbonyl (C=O) groups excluding carboxylic acids is 2. The molecule has 0 spiro atoms. The molecule has 3 aromatic rings. The van der Waals surface area contributed by atoms with Crippen LogP contribution in [0.3, 0.4) is 0 Å². The maximum absolute atomic E-state index is 12.8. The average molecular weight is 384 g/mol. The van der Waals surface area contributed by atoms with Gasteiger partial charge in [-0.3, -0.25) is 9.59 Å². The minimum atomic E-state index is -0.124. The molecule has 0 atom stereocenters. The first-order valence-electron chi connectivity index (χ1n) is 10.0. The van der Waals surface area contributed by atoms with Crippen molar-refractivity contribution in [3.8, 4) is 0 Å². The van der Waals surface area contributed by atoms with E-state index < -0.39 is 0 Å². The van der Waals surface area contributed by atoms with Gasteiger partial charge in [0.1, 0.15) is 0 Å². The van der Waals surface area contributed by atoms with Crippen LogP contribution in [0.25, 0.3) is 0 Å². The van der Waals surface area contributed by atoms with E-state index in [1.54, 1.807) is 0 Å². The number of hydrogen-bond acceptors (Lipinski definition) is 2. The summed E-state index contributed by atoms with van der Waals surface area (Å²) in [5, 5.41) is 2.98. The fraction of sp³-hybridized carbons (Fsp3) is 0.200. The third-order valence-electron chi connectivity index (χ3n) is 5.41. The summed E-state index contributed by atoms with van der Waals surface area (Å²) in [6.07, 6.45) is 1.77. The van der Waals surface area contributed by atoms with Crippen LogP contribution in [0.4, 0.5) is 5.69 Å². The minimum Gasteiger partial charge on any atom is -0.334 e. The van der Waals surface area contributed by atoms with E-state index in [1.807, 2.05) is 71.6 Å². The highest BCUT2D eigenvalue weighted by molar-refractivity contribution is 6.04. The van der Waals surface area contributed by atoms with Crippen LogP contribution in [-0.4, -0.2) is 23.3 Å². The molecule has 4 rings (SSSR count). The minimum absolute atomic E-state index is 0.0432. The van der Waals surface area contributed by atoms with Gasteiger partial charge in [-0.15, -0.1) is 0 Å². The zero-order valence-corrected chi connectivity index (χ0v) is 16.5. The Morgan fingerprint density at radius 3 is 2.38 bits per heavy atom. The Balaban J connectivity index is 1.48. The lowest BCUT2D eigenvalue weighted by Gasteiger charge is -2.29. The topological polar surface area (TPSA) is 49.4 Å². The molecule has 0 fully saturated rings. The van der Waals surface area contributed by atoms with Crippen molar-refractivity contribution >= 4 is 17.5 Å². The SMILES string of the molecule is CCc1ccc(C(=O)Nc2ccc3c(c2)CN(C(=O)c2ccccc2)CC3)cc1. The predicted octanol–water partition coefficient (Wildman–Crippen LogP) is 4.70. The highest BCUT2D eigenvalue weighted by Gasteiger charge is 2.22. The molecule has 0 unspecified atom stereocenters. The molecule has 1 aliphatic heterocycles. The fourth-order valence-corrected chi connectivity index (χ4v) is 3.67. The van der Waals surface area contributed by atoms with Gasteiger partial charge in [-0.05, 0) is 65.9 Å². The van der Waals surface area contributed by atoms with Crippen LogP contribution < -0.4 is 5.32 Å². The molecule has 29 heavy (non-hydrogen) atoms. The Morgan fingerprint density at radius 1 is 0.897 bits per heavy atom. The molecule has 146 valence electrons. The largest absolute Gasteiger partial charge is 0.334 e. The molecule has 1 aliphatic rings. The summed E-state index contributed by atoms with van der Waals surface area (Å²) in [6.45, 7) is 3.35. The van der Waals surface area contributed by atoms with Crippen LogP contribution in [0.2, 0.25) is 0 Å². The van der Waals surface area contributed by atoms with Gasteiger partial charge in [0.15, 0.2) is 0 Å². The van der Waals surface area contributed by atoms with E-state index in [0.29, 0.717) is 24.2 Å². The molecule has 1 N–H and O–H groups in total. The van der Waals surface area contributed by atoms with Crippen LogP contribution in [0.1, 0.15) is 44.3 Å². The number of carbonyl (C=O) groups is 2. The maximum Gasteiger partial charge on any atom is 0.255 e. The molecule has 0 aromatic heterocycles. The van der Waals surface area contributed by atoms with E-state index in [1.165, 1.54) is 11.1 Å². The van der Waals surface area contributed by atoms with E-state index in [9.17, 15) is 9.59 Å². The van der Waals surface area contributed by atoms with E-state index in [-0.39, 0.29) is 11.8 Å². The van der Waals surface area contributed by atoms with Gasteiger partial charge >= 0.3 is 0 Å². The van der Waals surface area contributed by atoms with Gasteiger partial charge in [-0.1, -0.05) is 43.3 Å². The summed E-state index contributed by atoms with van der Waals surface area (Å²) in [5.41, 5.74) is 5.62. The second-order valence-electron chi connectivity index (χ2n) is 7.33. The average Bonchev–Trinajstić information content (AvgIpc) is 2.78. The molecule has 0 bridgehead atoms. The van der Waals surface area contributed by atoms with Gasteiger partial charge in [0, 0.05) is 29.9 Å². The number of nitrogens with zero attached hydrogens (tertiary/aromatic N) is 1. The van der Waals surface area contributed by atoms with E-state index in [0.717, 1.165) is 24.1 Å². The fourth-order valence-electron chi connectivity index (χ4n) is 3.67. The van der Waals surface area contributed by atoms with Crippen LogP contribution >= 0.6 is 0 Å². The summed E-state index contributed by atoms with van der Waals surface area (Å²) in [6, 6.07) is 23.0. The quantitative estimate of drug-likeness (QED) is 0.709. The standard InChI is InChI=1S/C25H24N2O2/c1-2-18-8-10-20(11-9-18)24(28)26-23-13-12-19-14-15-27(17-22(19)16-23)25(29)21-6-4-3-5-7-21/h3-13,16H,2,14-15,17H2,1H3,(H,26,28). The summed E-state index contributed by atoms with van der Waals surface area (Å²) in [7, 11) is 0. The number of hydrogen-bond donors (Lipinski definition) is 1.